The molecule has 0 fully saturated rings. The number of benzene rings is 2. The number of aromatic hydroxyl groups is 2. The molecule has 0 aliphatic heterocycles. The van der Waals surface area contributed by atoms with Crippen LogP contribution in [0.2, 0.25) is 0 Å². The zero-order valence-corrected chi connectivity index (χ0v) is 15.3. The van der Waals surface area contributed by atoms with Gasteiger partial charge >= 0.3 is 0 Å². The van der Waals surface area contributed by atoms with Crippen molar-refractivity contribution in [3.63, 3.8) is 0 Å². The standard InChI is InChI=1S/C22H30O2/c1-5-15(3)11-17-7-9-21(23)19(13-17)20-14-18(8-10-22(20)24)12-16(4)6-2/h7-10,13-16,23-24H,5-6,11-12H2,1-4H3. The van der Waals surface area contributed by atoms with Crippen molar-refractivity contribution in [2.24, 2.45) is 11.8 Å². The van der Waals surface area contributed by atoms with Crippen molar-refractivity contribution >= 4 is 0 Å². The van der Waals surface area contributed by atoms with Crippen LogP contribution in [0.15, 0.2) is 36.4 Å². The van der Waals surface area contributed by atoms with Crippen LogP contribution in [0, 0.1) is 11.8 Å². The van der Waals surface area contributed by atoms with Crippen LogP contribution in [0.4, 0.5) is 0 Å². The third-order valence-corrected chi connectivity index (χ3v) is 4.97. The molecule has 2 N–H and O–H groups in total. The molecular weight excluding hydrogens is 296 g/mol. The van der Waals surface area contributed by atoms with Crippen molar-refractivity contribution in [2.45, 2.75) is 53.4 Å². The molecule has 2 atom stereocenters. The molecule has 2 rings (SSSR count). The van der Waals surface area contributed by atoms with E-state index in [0.717, 1.165) is 36.8 Å². The maximum absolute atomic E-state index is 10.3. The van der Waals surface area contributed by atoms with E-state index in [2.05, 4.69) is 27.7 Å². The molecule has 2 nitrogen and oxygen atoms in total. The van der Waals surface area contributed by atoms with Crippen molar-refractivity contribution in [1.29, 1.82) is 0 Å². The highest BCUT2D eigenvalue weighted by Gasteiger charge is 2.13. The molecule has 0 saturated carbocycles. The topological polar surface area (TPSA) is 40.5 Å². The number of hydrogen-bond donors (Lipinski definition) is 2. The quantitative estimate of drug-likeness (QED) is 0.661. The van der Waals surface area contributed by atoms with Gasteiger partial charge in [-0.15, -0.1) is 0 Å². The Morgan fingerprint density at radius 3 is 1.42 bits per heavy atom. The monoisotopic (exact) mass is 326 g/mol. The van der Waals surface area contributed by atoms with Gasteiger partial charge in [-0.3, -0.25) is 0 Å². The summed E-state index contributed by atoms with van der Waals surface area (Å²) in [6, 6.07) is 11.5. The lowest BCUT2D eigenvalue weighted by atomic mass is 9.92. The van der Waals surface area contributed by atoms with Crippen molar-refractivity contribution in [2.75, 3.05) is 0 Å². The first kappa shape index (κ1) is 18.4. The molecule has 2 aromatic rings. The van der Waals surface area contributed by atoms with Crippen LogP contribution in [-0.4, -0.2) is 10.2 Å². The van der Waals surface area contributed by atoms with E-state index in [-0.39, 0.29) is 11.5 Å². The summed E-state index contributed by atoms with van der Waals surface area (Å²) in [5, 5.41) is 20.6. The van der Waals surface area contributed by atoms with Gasteiger partial charge in [-0.2, -0.15) is 0 Å². The largest absolute Gasteiger partial charge is 0.507 e. The molecule has 2 unspecified atom stereocenters. The molecule has 0 heterocycles. The van der Waals surface area contributed by atoms with Gasteiger partial charge < -0.3 is 10.2 Å². The maximum Gasteiger partial charge on any atom is 0.123 e. The lowest BCUT2D eigenvalue weighted by Crippen LogP contribution is -1.99. The second kappa shape index (κ2) is 8.23. The molecule has 0 aliphatic carbocycles. The minimum Gasteiger partial charge on any atom is -0.507 e. The van der Waals surface area contributed by atoms with E-state index in [4.69, 9.17) is 0 Å². The molecule has 0 amide bonds. The Morgan fingerprint density at radius 2 is 1.08 bits per heavy atom. The highest BCUT2D eigenvalue weighted by molar-refractivity contribution is 5.76. The molecule has 2 aromatic carbocycles. The van der Waals surface area contributed by atoms with Gasteiger partial charge in [0.2, 0.25) is 0 Å². The van der Waals surface area contributed by atoms with Crippen molar-refractivity contribution in [3.05, 3.63) is 47.5 Å². The summed E-state index contributed by atoms with van der Waals surface area (Å²) in [6.07, 6.45) is 4.23. The minimum atomic E-state index is 0.221. The molecule has 0 aliphatic rings. The summed E-state index contributed by atoms with van der Waals surface area (Å²) in [5.74, 6) is 1.65. The Morgan fingerprint density at radius 1 is 0.708 bits per heavy atom. The van der Waals surface area contributed by atoms with Gasteiger partial charge in [0.1, 0.15) is 11.5 Å². The van der Waals surface area contributed by atoms with E-state index in [1.54, 1.807) is 12.1 Å². The van der Waals surface area contributed by atoms with E-state index in [0.29, 0.717) is 11.8 Å². The van der Waals surface area contributed by atoms with Crippen LogP contribution in [0.3, 0.4) is 0 Å². The van der Waals surface area contributed by atoms with E-state index in [1.165, 1.54) is 11.1 Å². The van der Waals surface area contributed by atoms with Crippen molar-refractivity contribution in [3.8, 4) is 22.6 Å². The van der Waals surface area contributed by atoms with Crippen LogP contribution < -0.4 is 0 Å². The molecule has 0 bridgehead atoms. The molecule has 0 saturated heterocycles. The Balaban J connectivity index is 2.39. The summed E-state index contributed by atoms with van der Waals surface area (Å²) in [7, 11) is 0. The second-order valence-corrected chi connectivity index (χ2v) is 7.14. The van der Waals surface area contributed by atoms with Gasteiger partial charge in [0.15, 0.2) is 0 Å². The highest BCUT2D eigenvalue weighted by atomic mass is 16.3. The Hall–Kier alpha value is -1.96. The number of phenolic OH excluding ortho intramolecular Hbond substituents is 2. The zero-order valence-electron chi connectivity index (χ0n) is 15.3. The third-order valence-electron chi connectivity index (χ3n) is 4.97. The lowest BCUT2D eigenvalue weighted by Gasteiger charge is -2.14. The van der Waals surface area contributed by atoms with E-state index in [9.17, 15) is 10.2 Å². The van der Waals surface area contributed by atoms with Crippen LogP contribution in [0.25, 0.3) is 11.1 Å². The van der Waals surface area contributed by atoms with E-state index in [1.807, 2.05) is 24.3 Å². The van der Waals surface area contributed by atoms with Gasteiger partial charge in [0.05, 0.1) is 0 Å². The van der Waals surface area contributed by atoms with Gasteiger partial charge in [0.25, 0.3) is 0 Å². The molecule has 2 heteroatoms. The van der Waals surface area contributed by atoms with Gasteiger partial charge in [0, 0.05) is 11.1 Å². The zero-order chi connectivity index (χ0) is 17.7. The summed E-state index contributed by atoms with van der Waals surface area (Å²) >= 11 is 0. The van der Waals surface area contributed by atoms with Gasteiger partial charge in [-0.25, -0.2) is 0 Å². The summed E-state index contributed by atoms with van der Waals surface area (Å²) in [6.45, 7) is 8.85. The lowest BCUT2D eigenvalue weighted by molar-refractivity contribution is 0.468. The smallest absolute Gasteiger partial charge is 0.123 e. The molecule has 24 heavy (non-hydrogen) atoms. The fraction of sp³-hybridized carbons (Fsp3) is 0.455. The third kappa shape index (κ3) is 4.53. The number of hydrogen-bond acceptors (Lipinski definition) is 2. The predicted octanol–water partition coefficient (Wildman–Crippen LogP) is 5.94. The summed E-state index contributed by atoms with van der Waals surface area (Å²) < 4.78 is 0. The first-order valence-corrected chi connectivity index (χ1v) is 9.08. The number of phenols is 2. The average Bonchev–Trinajstić information content (AvgIpc) is 2.58. The fourth-order valence-corrected chi connectivity index (χ4v) is 2.95. The van der Waals surface area contributed by atoms with Crippen molar-refractivity contribution < 1.29 is 10.2 Å². The Bertz CT molecular complexity index is 616. The molecular formula is C22H30O2. The molecule has 0 aromatic heterocycles. The first-order chi connectivity index (χ1) is 11.4. The first-order valence-electron chi connectivity index (χ1n) is 9.08. The number of rotatable bonds is 7. The Labute approximate surface area is 146 Å². The fourth-order valence-electron chi connectivity index (χ4n) is 2.95. The van der Waals surface area contributed by atoms with E-state index >= 15 is 0 Å². The maximum atomic E-state index is 10.3. The van der Waals surface area contributed by atoms with Crippen LogP contribution in [-0.2, 0) is 12.8 Å². The van der Waals surface area contributed by atoms with Crippen LogP contribution in [0.5, 0.6) is 11.5 Å². The molecule has 0 radical (unpaired) electrons. The summed E-state index contributed by atoms with van der Waals surface area (Å²) in [5.41, 5.74) is 3.84. The minimum absolute atomic E-state index is 0.221. The van der Waals surface area contributed by atoms with E-state index < -0.39 is 0 Å². The van der Waals surface area contributed by atoms with Crippen LogP contribution in [0.1, 0.15) is 51.7 Å². The SMILES string of the molecule is CCC(C)Cc1ccc(O)c(-c2cc(CC(C)CC)ccc2O)c1. The second-order valence-electron chi connectivity index (χ2n) is 7.14. The van der Waals surface area contributed by atoms with Crippen molar-refractivity contribution in [1.82, 2.24) is 0 Å². The Kier molecular flexibility index (Phi) is 6.30. The van der Waals surface area contributed by atoms with Crippen LogP contribution >= 0.6 is 0 Å². The normalized spacial score (nSPS) is 13.7. The molecule has 130 valence electrons. The van der Waals surface area contributed by atoms with Gasteiger partial charge in [-0.05, 0) is 60.1 Å². The van der Waals surface area contributed by atoms with Gasteiger partial charge in [-0.1, -0.05) is 52.7 Å². The predicted molar refractivity (Wildman–Crippen MR) is 102 cm³/mol. The molecule has 0 spiro atoms. The average molecular weight is 326 g/mol. The summed E-state index contributed by atoms with van der Waals surface area (Å²) in [4.78, 5) is 0. The highest BCUT2D eigenvalue weighted by Crippen LogP contribution is 2.37.